The highest BCUT2D eigenvalue weighted by atomic mass is 19.1. The summed E-state index contributed by atoms with van der Waals surface area (Å²) < 4.78 is 26.3. The lowest BCUT2D eigenvalue weighted by Crippen LogP contribution is -2.44. The van der Waals surface area contributed by atoms with E-state index in [4.69, 9.17) is 9.47 Å². The van der Waals surface area contributed by atoms with E-state index in [9.17, 15) is 19.6 Å². The minimum atomic E-state index is -0.819. The van der Waals surface area contributed by atoms with Crippen LogP contribution >= 0.6 is 0 Å². The van der Waals surface area contributed by atoms with E-state index in [1.165, 1.54) is 12.1 Å². The normalized spacial score (nSPS) is 15.1. The number of nitriles is 1. The highest BCUT2D eigenvalue weighted by molar-refractivity contribution is 5.73. The van der Waals surface area contributed by atoms with Crippen LogP contribution in [0, 0.1) is 24.1 Å². The summed E-state index contributed by atoms with van der Waals surface area (Å²) in [6.07, 6.45) is 2.44. The van der Waals surface area contributed by atoms with Crippen molar-refractivity contribution in [2.75, 3.05) is 6.54 Å². The van der Waals surface area contributed by atoms with Gasteiger partial charge in [-0.1, -0.05) is 67.1 Å². The summed E-state index contributed by atoms with van der Waals surface area (Å²) in [7, 11) is 0. The van der Waals surface area contributed by atoms with E-state index >= 15 is 0 Å². The van der Waals surface area contributed by atoms with Crippen molar-refractivity contribution in [1.82, 2.24) is 4.90 Å². The van der Waals surface area contributed by atoms with Crippen LogP contribution in [0.3, 0.4) is 0 Å². The Kier molecular flexibility index (Phi) is 9.15. The Bertz CT molecular complexity index is 1600. The predicted molar refractivity (Wildman–Crippen MR) is 159 cm³/mol. The van der Waals surface area contributed by atoms with Gasteiger partial charge in [-0.15, -0.1) is 0 Å². The zero-order valence-corrected chi connectivity index (χ0v) is 23.6. The van der Waals surface area contributed by atoms with Crippen LogP contribution in [0.2, 0.25) is 0 Å². The van der Waals surface area contributed by atoms with Gasteiger partial charge < -0.3 is 14.6 Å². The molecule has 4 aromatic carbocycles. The van der Waals surface area contributed by atoms with Gasteiger partial charge >= 0.3 is 5.97 Å². The summed E-state index contributed by atoms with van der Waals surface area (Å²) in [5.74, 6) is -0.224. The number of likely N-dealkylation sites (tertiary alicyclic amines) is 1. The lowest BCUT2D eigenvalue weighted by Gasteiger charge is -2.33. The minimum absolute atomic E-state index is 0.0425. The molecule has 1 saturated heterocycles. The van der Waals surface area contributed by atoms with Gasteiger partial charge in [0.25, 0.3) is 0 Å². The van der Waals surface area contributed by atoms with Gasteiger partial charge in [-0.25, -0.2) is 4.39 Å². The van der Waals surface area contributed by atoms with E-state index in [0.29, 0.717) is 43.2 Å². The highest BCUT2D eigenvalue weighted by Gasteiger charge is 2.29. The molecule has 0 amide bonds. The monoisotopic (exact) mass is 564 g/mol. The molecular weight excluding hydrogens is 531 g/mol. The molecule has 1 N–H and O–H groups in total. The number of piperidine rings is 1. The molecule has 1 unspecified atom stereocenters. The van der Waals surface area contributed by atoms with Crippen molar-refractivity contribution in [3.63, 3.8) is 0 Å². The van der Waals surface area contributed by atoms with Crippen molar-refractivity contribution in [3.8, 4) is 28.7 Å². The van der Waals surface area contributed by atoms with E-state index in [-0.39, 0.29) is 12.2 Å². The molecule has 1 atom stereocenters. The Morgan fingerprint density at radius 2 is 1.81 bits per heavy atom. The van der Waals surface area contributed by atoms with E-state index < -0.39 is 17.8 Å². The second-order valence-corrected chi connectivity index (χ2v) is 10.5. The SMILES string of the molecule is Cc1c(COc2ccc(CN3CCCCC3C(=O)O)c(OCc3ccc(F)c(C#N)c3)c2)cccc1-c1ccccc1. The van der Waals surface area contributed by atoms with Gasteiger partial charge in [0.15, 0.2) is 0 Å². The maximum atomic E-state index is 13.9. The molecule has 4 aromatic rings. The molecule has 1 aliphatic rings. The van der Waals surface area contributed by atoms with Gasteiger partial charge in [0.1, 0.15) is 42.6 Å². The van der Waals surface area contributed by atoms with Crippen molar-refractivity contribution in [2.24, 2.45) is 0 Å². The zero-order chi connectivity index (χ0) is 29.5. The smallest absolute Gasteiger partial charge is 0.320 e. The third kappa shape index (κ3) is 6.79. The number of halogens is 1. The topological polar surface area (TPSA) is 82.8 Å². The fourth-order valence-corrected chi connectivity index (χ4v) is 5.41. The lowest BCUT2D eigenvalue weighted by atomic mass is 9.97. The first-order chi connectivity index (χ1) is 20.4. The molecule has 42 heavy (non-hydrogen) atoms. The molecule has 0 saturated carbocycles. The molecule has 1 heterocycles. The predicted octanol–water partition coefficient (Wildman–Crippen LogP) is 7.27. The number of hydrogen-bond donors (Lipinski definition) is 1. The first-order valence-electron chi connectivity index (χ1n) is 14.1. The summed E-state index contributed by atoms with van der Waals surface area (Å²) in [5.41, 5.74) is 5.96. The van der Waals surface area contributed by atoms with Crippen LogP contribution in [-0.4, -0.2) is 28.6 Å². The van der Waals surface area contributed by atoms with Gasteiger partial charge in [-0.2, -0.15) is 5.26 Å². The van der Waals surface area contributed by atoms with Crippen LogP contribution in [0.15, 0.2) is 84.9 Å². The maximum absolute atomic E-state index is 13.9. The number of carbonyl (C=O) groups is 1. The molecule has 0 aliphatic carbocycles. The van der Waals surface area contributed by atoms with Gasteiger partial charge in [-0.3, -0.25) is 9.69 Å². The number of carboxylic acid groups (broad SMARTS) is 1. The molecule has 6 nitrogen and oxygen atoms in total. The first kappa shape index (κ1) is 28.8. The lowest BCUT2D eigenvalue weighted by molar-refractivity contribution is -0.144. The van der Waals surface area contributed by atoms with E-state index in [1.54, 1.807) is 6.07 Å². The number of carboxylic acids is 1. The molecule has 5 rings (SSSR count). The van der Waals surface area contributed by atoms with Crippen LogP contribution < -0.4 is 9.47 Å². The summed E-state index contributed by atoms with van der Waals surface area (Å²) in [5, 5.41) is 19.0. The summed E-state index contributed by atoms with van der Waals surface area (Å²) >= 11 is 0. The Labute approximate surface area is 245 Å². The van der Waals surface area contributed by atoms with Gasteiger partial charge in [0.2, 0.25) is 0 Å². The fraction of sp³-hybridized carbons (Fsp3) is 0.257. The van der Waals surface area contributed by atoms with Crippen LogP contribution in [0.5, 0.6) is 11.5 Å². The van der Waals surface area contributed by atoms with Crippen molar-refractivity contribution in [3.05, 3.63) is 119 Å². The van der Waals surface area contributed by atoms with Crippen LogP contribution in [0.4, 0.5) is 4.39 Å². The molecule has 0 bridgehead atoms. The second kappa shape index (κ2) is 13.3. The molecule has 1 fully saturated rings. The summed E-state index contributed by atoms with van der Waals surface area (Å²) in [6, 6.07) is 27.7. The Balaban J connectivity index is 1.38. The number of benzene rings is 4. The first-order valence-corrected chi connectivity index (χ1v) is 14.1. The zero-order valence-electron chi connectivity index (χ0n) is 23.6. The molecule has 214 valence electrons. The van der Waals surface area contributed by atoms with Crippen molar-refractivity contribution < 1.29 is 23.8 Å². The average Bonchev–Trinajstić information content (AvgIpc) is 3.01. The standard InChI is InChI=1S/C35H33FN2O4/c1-24-28(10-7-11-31(24)26-8-3-2-4-9-26)23-41-30-15-14-27(21-38-17-6-5-12-33(38)35(39)40)34(19-30)42-22-25-13-16-32(36)29(18-25)20-37/h2-4,7-11,13-16,18-19,33H,5-6,12,17,21-23H2,1H3,(H,39,40). The van der Waals surface area contributed by atoms with Crippen molar-refractivity contribution in [2.45, 2.75) is 52.0 Å². The van der Waals surface area contributed by atoms with Crippen molar-refractivity contribution >= 4 is 5.97 Å². The van der Waals surface area contributed by atoms with E-state index in [0.717, 1.165) is 40.7 Å². The van der Waals surface area contributed by atoms with Gasteiger partial charge in [0, 0.05) is 18.2 Å². The Morgan fingerprint density at radius 1 is 0.976 bits per heavy atom. The molecule has 0 aromatic heterocycles. The van der Waals surface area contributed by atoms with E-state index in [2.05, 4.69) is 31.2 Å². The molecule has 7 heteroatoms. The van der Waals surface area contributed by atoms with Crippen LogP contribution in [0.1, 0.15) is 47.1 Å². The third-order valence-electron chi connectivity index (χ3n) is 7.78. The van der Waals surface area contributed by atoms with Crippen LogP contribution in [-0.2, 0) is 24.6 Å². The number of ether oxygens (including phenoxy) is 2. The largest absolute Gasteiger partial charge is 0.489 e. The summed E-state index contributed by atoms with van der Waals surface area (Å²) in [6.45, 7) is 3.68. The van der Waals surface area contributed by atoms with Crippen LogP contribution in [0.25, 0.3) is 11.1 Å². The fourth-order valence-electron chi connectivity index (χ4n) is 5.41. The number of nitrogens with zero attached hydrogens (tertiary/aromatic N) is 2. The molecule has 0 spiro atoms. The number of rotatable bonds is 10. The van der Waals surface area contributed by atoms with E-state index in [1.807, 2.05) is 53.4 Å². The third-order valence-corrected chi connectivity index (χ3v) is 7.78. The van der Waals surface area contributed by atoms with Crippen molar-refractivity contribution in [1.29, 1.82) is 5.26 Å². The quantitative estimate of drug-likeness (QED) is 0.218. The average molecular weight is 565 g/mol. The summed E-state index contributed by atoms with van der Waals surface area (Å²) in [4.78, 5) is 13.9. The highest BCUT2D eigenvalue weighted by Crippen LogP contribution is 2.31. The molecule has 0 radical (unpaired) electrons. The minimum Gasteiger partial charge on any atom is -0.489 e. The van der Waals surface area contributed by atoms with Gasteiger partial charge in [0.05, 0.1) is 5.56 Å². The second-order valence-electron chi connectivity index (χ2n) is 10.5. The molecule has 1 aliphatic heterocycles. The number of hydrogen-bond acceptors (Lipinski definition) is 5. The Morgan fingerprint density at radius 3 is 2.60 bits per heavy atom. The van der Waals surface area contributed by atoms with Gasteiger partial charge in [-0.05, 0) is 72.3 Å². The number of aliphatic carboxylic acids is 1. The Hall–Kier alpha value is -4.67. The molecular formula is C35H33FN2O4. The maximum Gasteiger partial charge on any atom is 0.320 e.